The van der Waals surface area contributed by atoms with Crippen molar-refractivity contribution in [2.45, 2.75) is 78.6 Å². The zero-order valence-corrected chi connectivity index (χ0v) is 47.9. The first-order chi connectivity index (χ1) is 35.6. The quantitative estimate of drug-likeness (QED) is 0.175. The Balaban J connectivity index is 0.000000174. The number of thioether (sulfide) groups is 2. The number of carbonyl (C=O) groups excluding carboxylic acids is 3. The number of amides is 3. The lowest BCUT2D eigenvalue weighted by molar-refractivity contribution is -0.135. The number of halogens is 4. The molecule has 2 N–H and O–H groups in total. The van der Waals surface area contributed by atoms with Crippen LogP contribution in [0.25, 0.3) is 0 Å². The number of nitrogens with one attached hydrogen (secondary N) is 1. The number of hydrogen-bond donors (Lipinski definition) is 2. The van der Waals surface area contributed by atoms with Crippen molar-refractivity contribution in [1.82, 2.24) is 29.8 Å². The van der Waals surface area contributed by atoms with Crippen LogP contribution in [0.2, 0.25) is 20.1 Å². The van der Waals surface area contributed by atoms with Crippen LogP contribution in [0.1, 0.15) is 89.7 Å². The smallest absolute Gasteiger partial charge is 0.344 e. The molecule has 0 spiro atoms. The minimum atomic E-state index is -0.918. The van der Waals surface area contributed by atoms with Crippen molar-refractivity contribution in [2.24, 2.45) is 21.8 Å². The van der Waals surface area contributed by atoms with E-state index >= 15 is 0 Å². The van der Waals surface area contributed by atoms with Crippen LogP contribution in [0.5, 0.6) is 0 Å². The van der Waals surface area contributed by atoms with E-state index in [9.17, 15) is 24.3 Å². The molecule has 19 heteroatoms. The molecule has 0 saturated carbocycles. The maximum Gasteiger partial charge on any atom is 0.344 e. The molecule has 396 valence electrons. The van der Waals surface area contributed by atoms with Crippen LogP contribution in [-0.4, -0.2) is 116 Å². The van der Waals surface area contributed by atoms with Crippen molar-refractivity contribution in [3.8, 4) is 0 Å². The first-order valence-electron chi connectivity index (χ1n) is 25.0. The molecule has 13 nitrogen and oxygen atoms in total. The van der Waals surface area contributed by atoms with Gasteiger partial charge in [-0.25, -0.2) is 14.8 Å². The average molecular weight is 1130 g/mol. The van der Waals surface area contributed by atoms with Gasteiger partial charge in [-0.3, -0.25) is 14.4 Å². The van der Waals surface area contributed by atoms with E-state index in [0.717, 1.165) is 69.9 Å². The number of aliphatic carboxylic acids is 1. The molecule has 0 unspecified atom stereocenters. The number of carboxylic acid groups (broad SMARTS) is 1. The van der Waals surface area contributed by atoms with Crippen LogP contribution in [0.15, 0.2) is 128 Å². The molecule has 6 aliphatic rings. The van der Waals surface area contributed by atoms with E-state index < -0.39 is 17.0 Å². The maximum absolute atomic E-state index is 13.8. The van der Waals surface area contributed by atoms with Crippen molar-refractivity contribution < 1.29 is 24.3 Å². The van der Waals surface area contributed by atoms with Crippen molar-refractivity contribution in [3.63, 3.8) is 0 Å². The van der Waals surface area contributed by atoms with E-state index in [1.54, 1.807) is 18.7 Å². The first-order valence-corrected chi connectivity index (χ1v) is 28.2. The van der Waals surface area contributed by atoms with Crippen molar-refractivity contribution in [1.29, 1.82) is 0 Å². The second-order valence-electron chi connectivity index (χ2n) is 20.0. The topological polar surface area (TPSA) is 141 Å². The highest BCUT2D eigenvalue weighted by molar-refractivity contribution is 8.18. The van der Waals surface area contributed by atoms with Crippen LogP contribution in [0, 0.1) is 11.8 Å². The lowest BCUT2D eigenvalue weighted by atomic mass is 9.81. The Labute approximate surface area is 468 Å². The fraction of sp³-hybridized carbons (Fsp3) is 0.393. The highest BCUT2D eigenvalue weighted by atomic mass is 35.5. The summed E-state index contributed by atoms with van der Waals surface area (Å²) in [5, 5.41) is 17.1. The predicted octanol–water partition coefficient (Wildman–Crippen LogP) is 11.7. The summed E-state index contributed by atoms with van der Waals surface area (Å²) >= 11 is 27.4. The SMILES string of the molecule is CC(=O)N1CCN(C(=O)C2=C(C(C)C)N3C(=N[C@@](C)(c4ccc(Cl)cc4)[C@H]3c3ccc(Cl)cc3)S2)CC1.CC(=O)N1CCNCC1.CC(C)C1=C(C(=O)O)SC2=N[C@@](C)(c3ccc(Cl)cc3)[C@@H](c3ccc(Cl)cc3)N21. The van der Waals surface area contributed by atoms with Gasteiger partial charge in [-0.15, -0.1) is 0 Å². The molecule has 0 radical (unpaired) electrons. The van der Waals surface area contributed by atoms with Crippen LogP contribution in [-0.2, 0) is 30.3 Å². The second kappa shape index (κ2) is 23.3. The van der Waals surface area contributed by atoms with Crippen LogP contribution in [0.3, 0.4) is 0 Å². The van der Waals surface area contributed by atoms with E-state index in [4.69, 9.17) is 56.4 Å². The summed E-state index contributed by atoms with van der Waals surface area (Å²) in [6.07, 6.45) is 0. The maximum atomic E-state index is 13.8. The molecule has 4 atom stereocenters. The number of nitrogens with zero attached hydrogens (tertiary/aromatic N) is 7. The zero-order chi connectivity index (χ0) is 54.1. The number of fused-ring (bicyclic) bond motifs is 2. The summed E-state index contributed by atoms with van der Waals surface area (Å²) in [5.74, 6) is -0.539. The Morgan fingerprint density at radius 1 is 0.547 bits per heavy atom. The van der Waals surface area contributed by atoms with Gasteiger partial charge in [0.05, 0.1) is 12.1 Å². The number of hydrogen-bond acceptors (Lipinski definition) is 11. The molecular weight excluding hydrogens is 1070 g/mol. The number of allylic oxidation sites excluding steroid dienone is 2. The number of benzene rings is 4. The van der Waals surface area contributed by atoms with Gasteiger partial charge < -0.3 is 34.9 Å². The van der Waals surface area contributed by atoms with Crippen molar-refractivity contribution in [2.75, 3.05) is 52.4 Å². The molecule has 2 saturated heterocycles. The fourth-order valence-electron chi connectivity index (χ4n) is 10.5. The van der Waals surface area contributed by atoms with E-state index in [0.29, 0.717) is 56.3 Å². The molecular formula is C56H62Cl4N8O5S2. The van der Waals surface area contributed by atoms with Gasteiger partial charge in [0.15, 0.2) is 10.3 Å². The number of carbonyl (C=O) groups is 4. The Bertz CT molecular complexity index is 2940. The highest BCUT2D eigenvalue weighted by Gasteiger charge is 2.55. The molecule has 6 heterocycles. The number of aliphatic imine (C=N–C) groups is 2. The van der Waals surface area contributed by atoms with Gasteiger partial charge in [0.25, 0.3) is 5.91 Å². The molecule has 0 aliphatic carbocycles. The molecule has 6 aliphatic heterocycles. The Hall–Kier alpha value is -5.00. The average Bonchev–Trinajstić information content (AvgIpc) is 4.10. The zero-order valence-electron chi connectivity index (χ0n) is 43.2. The van der Waals surface area contributed by atoms with E-state index in [2.05, 4.69) is 42.8 Å². The molecule has 0 bridgehead atoms. The number of carboxylic acids is 1. The second-order valence-corrected chi connectivity index (χ2v) is 23.7. The Morgan fingerprint density at radius 2 is 0.880 bits per heavy atom. The van der Waals surface area contributed by atoms with E-state index in [1.807, 2.05) is 121 Å². The van der Waals surface area contributed by atoms with Gasteiger partial charge in [0.1, 0.15) is 20.9 Å². The van der Waals surface area contributed by atoms with Gasteiger partial charge in [-0.1, -0.05) is 123 Å². The Morgan fingerprint density at radius 3 is 1.23 bits per heavy atom. The Kier molecular flexibility index (Phi) is 17.5. The predicted molar refractivity (Wildman–Crippen MR) is 305 cm³/mol. The third-order valence-corrected chi connectivity index (χ3v) is 17.4. The molecule has 0 aromatic heterocycles. The molecule has 2 fully saturated rings. The minimum absolute atomic E-state index is 0.0112. The molecule has 3 amide bonds. The molecule has 75 heavy (non-hydrogen) atoms. The molecule has 4 aromatic carbocycles. The third kappa shape index (κ3) is 11.7. The van der Waals surface area contributed by atoms with Crippen LogP contribution < -0.4 is 5.32 Å². The number of rotatable bonds is 8. The molecule has 4 aromatic rings. The van der Waals surface area contributed by atoms with Crippen LogP contribution in [0.4, 0.5) is 0 Å². The molecule has 10 rings (SSSR count). The summed E-state index contributed by atoms with van der Waals surface area (Å²) in [6, 6.07) is 30.8. The third-order valence-electron chi connectivity index (χ3n) is 14.3. The fourth-order valence-corrected chi connectivity index (χ4v) is 13.6. The van der Waals surface area contributed by atoms with Gasteiger partial charge in [0.2, 0.25) is 11.8 Å². The van der Waals surface area contributed by atoms with Gasteiger partial charge in [-0.2, -0.15) is 0 Å². The summed E-state index contributed by atoms with van der Waals surface area (Å²) in [6.45, 7) is 21.5. The number of amidine groups is 2. The standard InChI is InChI=1S/C28H30Cl2N4O2S.C22H20Cl2N2O2S.C6H12N2O/c1-17(2)23-24(26(36)33-15-13-32(14-16-33)18(3)35)37-27-31-28(4,20-7-11-22(30)12-8-20)25(34(23)27)19-5-9-21(29)10-6-19;1-12(2)17-18(20(27)28)29-21-25-22(3,14-6-10-16(24)11-7-14)19(26(17)21)13-4-8-15(23)9-5-13;1-6(9)8-4-2-7-3-5-8/h5-12,17,25H,13-16H2,1-4H3;4-12,19H,1-3H3,(H,27,28);7H,2-5H2,1H3/t25-,28+;19-,22+;/m11./s1. The summed E-state index contributed by atoms with van der Waals surface area (Å²) in [7, 11) is 0. The largest absolute Gasteiger partial charge is 0.477 e. The van der Waals surface area contributed by atoms with E-state index in [-0.39, 0.29) is 41.6 Å². The minimum Gasteiger partial charge on any atom is -0.477 e. The first kappa shape index (κ1) is 56.2. The normalized spacial score (nSPS) is 23.1. The number of piperazine rings is 2. The van der Waals surface area contributed by atoms with Crippen molar-refractivity contribution in [3.05, 3.63) is 161 Å². The van der Waals surface area contributed by atoms with Gasteiger partial charge in [0, 0.05) is 97.7 Å². The van der Waals surface area contributed by atoms with Crippen LogP contribution >= 0.6 is 69.9 Å². The van der Waals surface area contributed by atoms with Gasteiger partial charge >= 0.3 is 5.97 Å². The van der Waals surface area contributed by atoms with Crippen molar-refractivity contribution >= 4 is 104 Å². The monoisotopic (exact) mass is 1130 g/mol. The lowest BCUT2D eigenvalue weighted by Gasteiger charge is -2.37. The summed E-state index contributed by atoms with van der Waals surface area (Å²) in [5.41, 5.74) is 4.74. The summed E-state index contributed by atoms with van der Waals surface area (Å²) < 4.78 is 0. The summed E-state index contributed by atoms with van der Waals surface area (Å²) in [4.78, 5) is 69.4. The van der Waals surface area contributed by atoms with Gasteiger partial charge in [-0.05, 0) is 120 Å². The lowest BCUT2D eigenvalue weighted by Crippen LogP contribution is -2.50. The highest BCUT2D eigenvalue weighted by Crippen LogP contribution is 2.58. The van der Waals surface area contributed by atoms with E-state index in [1.165, 1.54) is 23.5 Å².